The van der Waals surface area contributed by atoms with Crippen LogP contribution in [0.25, 0.3) is 0 Å². The summed E-state index contributed by atoms with van der Waals surface area (Å²) in [6, 6.07) is 11.7. The number of aromatic nitrogens is 2. The van der Waals surface area contributed by atoms with Crippen LogP contribution in [0, 0.1) is 12.7 Å². The van der Waals surface area contributed by atoms with Gasteiger partial charge in [0.05, 0.1) is 12.8 Å². The molecule has 5 nitrogen and oxygen atoms in total. The molecule has 0 atom stereocenters. The molecule has 112 valence electrons. The minimum absolute atomic E-state index is 0.299. The summed E-state index contributed by atoms with van der Waals surface area (Å²) in [6.45, 7) is 2.37. The van der Waals surface area contributed by atoms with Crippen LogP contribution in [0.4, 0.5) is 21.8 Å². The Labute approximate surface area is 127 Å². The standard InChI is InChI=1S/C16H15FN4O/c1-11-8-15(20-13-5-2-4-12(17)9-13)21-16(19-11)18-10-14-6-3-7-22-14/h2-9H,10H2,1H3,(H2,18,19,20,21). The predicted octanol–water partition coefficient (Wildman–Crippen LogP) is 3.87. The third-order valence-corrected chi connectivity index (χ3v) is 2.95. The fraction of sp³-hybridized carbons (Fsp3) is 0.125. The molecule has 0 aliphatic rings. The maximum Gasteiger partial charge on any atom is 0.225 e. The SMILES string of the molecule is Cc1cc(Nc2cccc(F)c2)nc(NCc2ccco2)n1. The Morgan fingerprint density at radius 2 is 2.05 bits per heavy atom. The molecule has 2 N–H and O–H groups in total. The van der Waals surface area contributed by atoms with E-state index in [0.717, 1.165) is 11.5 Å². The number of furan rings is 1. The number of nitrogens with zero attached hydrogens (tertiary/aromatic N) is 2. The molecule has 0 unspecified atom stereocenters. The summed E-state index contributed by atoms with van der Waals surface area (Å²) >= 11 is 0. The van der Waals surface area contributed by atoms with E-state index in [0.29, 0.717) is 24.0 Å². The van der Waals surface area contributed by atoms with Crippen LogP contribution in [0.5, 0.6) is 0 Å². The molecule has 6 heteroatoms. The largest absolute Gasteiger partial charge is 0.467 e. The number of benzene rings is 1. The summed E-state index contributed by atoms with van der Waals surface area (Å²) < 4.78 is 18.5. The first-order chi connectivity index (χ1) is 10.7. The van der Waals surface area contributed by atoms with Gasteiger partial charge in [0.1, 0.15) is 17.4 Å². The molecule has 0 aliphatic carbocycles. The van der Waals surface area contributed by atoms with Crippen LogP contribution in [0.15, 0.2) is 53.1 Å². The van der Waals surface area contributed by atoms with Crippen molar-refractivity contribution >= 4 is 17.5 Å². The van der Waals surface area contributed by atoms with Gasteiger partial charge in [-0.3, -0.25) is 0 Å². The number of halogens is 1. The molecule has 0 fully saturated rings. The van der Waals surface area contributed by atoms with Gasteiger partial charge in [-0.05, 0) is 37.3 Å². The van der Waals surface area contributed by atoms with Crippen molar-refractivity contribution in [1.82, 2.24) is 9.97 Å². The van der Waals surface area contributed by atoms with E-state index in [2.05, 4.69) is 20.6 Å². The molecule has 0 spiro atoms. The van der Waals surface area contributed by atoms with Crippen LogP contribution in [-0.4, -0.2) is 9.97 Å². The molecule has 0 saturated carbocycles. The summed E-state index contributed by atoms with van der Waals surface area (Å²) in [6.07, 6.45) is 1.62. The quantitative estimate of drug-likeness (QED) is 0.748. The first kappa shape index (κ1) is 14.1. The van der Waals surface area contributed by atoms with Crippen molar-refractivity contribution in [3.63, 3.8) is 0 Å². The summed E-state index contributed by atoms with van der Waals surface area (Å²) in [5, 5.41) is 6.16. The molecule has 3 rings (SSSR count). The van der Waals surface area contributed by atoms with Crippen molar-refractivity contribution in [3.8, 4) is 0 Å². The zero-order valence-corrected chi connectivity index (χ0v) is 12.0. The second-order valence-corrected chi connectivity index (χ2v) is 4.79. The van der Waals surface area contributed by atoms with Gasteiger partial charge >= 0.3 is 0 Å². The Balaban J connectivity index is 1.74. The van der Waals surface area contributed by atoms with Gasteiger partial charge in [-0.25, -0.2) is 9.37 Å². The number of rotatable bonds is 5. The molecular formula is C16H15FN4O. The van der Waals surface area contributed by atoms with Gasteiger partial charge in [0.2, 0.25) is 5.95 Å². The van der Waals surface area contributed by atoms with Crippen LogP contribution >= 0.6 is 0 Å². The molecule has 3 aromatic rings. The molecule has 0 amide bonds. The van der Waals surface area contributed by atoms with Crippen LogP contribution < -0.4 is 10.6 Å². The Bertz CT molecular complexity index is 759. The van der Waals surface area contributed by atoms with Crippen molar-refractivity contribution in [2.24, 2.45) is 0 Å². The Kier molecular flexibility index (Phi) is 4.00. The van der Waals surface area contributed by atoms with Gasteiger partial charge in [0.15, 0.2) is 0 Å². The van der Waals surface area contributed by atoms with Gasteiger partial charge in [-0.1, -0.05) is 6.07 Å². The van der Waals surface area contributed by atoms with E-state index in [9.17, 15) is 4.39 Å². The number of hydrogen-bond acceptors (Lipinski definition) is 5. The number of nitrogens with one attached hydrogen (secondary N) is 2. The zero-order valence-electron chi connectivity index (χ0n) is 12.0. The molecule has 22 heavy (non-hydrogen) atoms. The highest BCUT2D eigenvalue weighted by molar-refractivity contribution is 5.57. The number of hydrogen-bond donors (Lipinski definition) is 2. The first-order valence-corrected chi connectivity index (χ1v) is 6.83. The van der Waals surface area contributed by atoms with Crippen molar-refractivity contribution < 1.29 is 8.81 Å². The normalized spacial score (nSPS) is 10.5. The lowest BCUT2D eigenvalue weighted by Crippen LogP contribution is -2.06. The molecule has 2 heterocycles. The van der Waals surface area contributed by atoms with Gasteiger partial charge in [0, 0.05) is 17.4 Å². The minimum atomic E-state index is -0.299. The molecule has 0 aliphatic heterocycles. The summed E-state index contributed by atoms with van der Waals surface area (Å²) in [4.78, 5) is 8.68. The molecule has 1 aromatic carbocycles. The molecule has 0 saturated heterocycles. The average molecular weight is 298 g/mol. The maximum absolute atomic E-state index is 13.2. The van der Waals surface area contributed by atoms with E-state index in [-0.39, 0.29) is 5.82 Å². The van der Waals surface area contributed by atoms with E-state index in [1.165, 1.54) is 12.1 Å². The van der Waals surface area contributed by atoms with Gasteiger partial charge in [-0.2, -0.15) is 4.98 Å². The fourth-order valence-corrected chi connectivity index (χ4v) is 2.01. The molecule has 2 aromatic heterocycles. The fourth-order valence-electron chi connectivity index (χ4n) is 2.01. The minimum Gasteiger partial charge on any atom is -0.467 e. The highest BCUT2D eigenvalue weighted by Crippen LogP contribution is 2.17. The second kappa shape index (κ2) is 6.26. The van der Waals surface area contributed by atoms with Crippen LogP contribution in [0.2, 0.25) is 0 Å². The number of anilines is 3. The molecule has 0 radical (unpaired) electrons. The van der Waals surface area contributed by atoms with Crippen LogP contribution in [0.3, 0.4) is 0 Å². The van der Waals surface area contributed by atoms with E-state index in [1.54, 1.807) is 24.5 Å². The lowest BCUT2D eigenvalue weighted by molar-refractivity contribution is 0.517. The van der Waals surface area contributed by atoms with E-state index in [1.807, 2.05) is 19.1 Å². The Morgan fingerprint density at radius 3 is 2.82 bits per heavy atom. The van der Waals surface area contributed by atoms with E-state index < -0.39 is 0 Å². The average Bonchev–Trinajstić information content (AvgIpc) is 2.98. The third kappa shape index (κ3) is 3.60. The third-order valence-electron chi connectivity index (χ3n) is 2.95. The lowest BCUT2D eigenvalue weighted by Gasteiger charge is -2.09. The van der Waals surface area contributed by atoms with Gasteiger partial charge < -0.3 is 15.1 Å². The van der Waals surface area contributed by atoms with Crippen molar-refractivity contribution in [3.05, 3.63) is 66.0 Å². The highest BCUT2D eigenvalue weighted by Gasteiger charge is 2.04. The topological polar surface area (TPSA) is 63.0 Å². The predicted molar refractivity (Wildman–Crippen MR) is 82.5 cm³/mol. The Hall–Kier alpha value is -2.89. The lowest BCUT2D eigenvalue weighted by atomic mass is 10.3. The second-order valence-electron chi connectivity index (χ2n) is 4.79. The van der Waals surface area contributed by atoms with Gasteiger partial charge in [-0.15, -0.1) is 0 Å². The van der Waals surface area contributed by atoms with Crippen molar-refractivity contribution in [2.45, 2.75) is 13.5 Å². The summed E-state index contributed by atoms with van der Waals surface area (Å²) in [5.74, 6) is 1.58. The van der Waals surface area contributed by atoms with Crippen LogP contribution in [-0.2, 0) is 6.54 Å². The van der Waals surface area contributed by atoms with Gasteiger partial charge in [0.25, 0.3) is 0 Å². The summed E-state index contributed by atoms with van der Waals surface area (Å²) in [7, 11) is 0. The molecule has 0 bridgehead atoms. The van der Waals surface area contributed by atoms with Crippen LogP contribution in [0.1, 0.15) is 11.5 Å². The maximum atomic E-state index is 13.2. The van der Waals surface area contributed by atoms with Crippen molar-refractivity contribution in [2.75, 3.05) is 10.6 Å². The Morgan fingerprint density at radius 1 is 1.14 bits per heavy atom. The monoisotopic (exact) mass is 298 g/mol. The molecular weight excluding hydrogens is 283 g/mol. The smallest absolute Gasteiger partial charge is 0.225 e. The van der Waals surface area contributed by atoms with E-state index in [4.69, 9.17) is 4.42 Å². The summed E-state index contributed by atoms with van der Waals surface area (Å²) in [5.41, 5.74) is 1.44. The van der Waals surface area contributed by atoms with Crippen molar-refractivity contribution in [1.29, 1.82) is 0 Å². The number of aryl methyl sites for hydroxylation is 1. The first-order valence-electron chi connectivity index (χ1n) is 6.83. The highest BCUT2D eigenvalue weighted by atomic mass is 19.1. The van der Waals surface area contributed by atoms with E-state index >= 15 is 0 Å². The zero-order chi connectivity index (χ0) is 15.4.